The van der Waals surface area contributed by atoms with E-state index in [4.69, 9.17) is 0 Å². The number of urea groups is 1. The first-order chi connectivity index (χ1) is 11.7. The molecule has 1 aromatic carbocycles. The van der Waals surface area contributed by atoms with Gasteiger partial charge in [-0.15, -0.1) is 0 Å². The molecule has 1 heterocycles. The molecule has 25 heavy (non-hydrogen) atoms. The Kier molecular flexibility index (Phi) is 5.74. The molecule has 3 amide bonds. The highest BCUT2D eigenvalue weighted by molar-refractivity contribution is 5.93. The minimum atomic E-state index is -0.641. The second kappa shape index (κ2) is 7.78. The Labute approximate surface area is 147 Å². The maximum Gasteiger partial charge on any atom is 0.319 e. The van der Waals surface area contributed by atoms with Crippen molar-refractivity contribution in [1.29, 1.82) is 0 Å². The Balaban J connectivity index is 1.91. The summed E-state index contributed by atoms with van der Waals surface area (Å²) in [5, 5.41) is 12.2. The van der Waals surface area contributed by atoms with Crippen LogP contribution in [0.3, 0.4) is 0 Å². The zero-order valence-corrected chi connectivity index (χ0v) is 14.9. The molecule has 3 N–H and O–H groups in total. The Bertz CT molecular complexity index is 721. The molecular formula is C17H24N6O2. The Morgan fingerprint density at radius 1 is 1.28 bits per heavy atom. The van der Waals surface area contributed by atoms with E-state index in [0.717, 1.165) is 5.56 Å². The molecule has 0 aliphatic carbocycles. The van der Waals surface area contributed by atoms with Crippen molar-refractivity contribution in [3.63, 3.8) is 0 Å². The topological polar surface area (TPSA) is 101 Å². The fraction of sp³-hybridized carbons (Fsp3) is 0.412. The first-order valence-corrected chi connectivity index (χ1v) is 8.04. The van der Waals surface area contributed by atoms with Gasteiger partial charge in [0.1, 0.15) is 18.7 Å². The number of hydrogen-bond donors (Lipinski definition) is 3. The van der Waals surface area contributed by atoms with Crippen LogP contribution in [0.4, 0.5) is 10.5 Å². The summed E-state index contributed by atoms with van der Waals surface area (Å²) in [6, 6.07) is 6.33. The van der Waals surface area contributed by atoms with Crippen LogP contribution in [0, 0.1) is 0 Å². The third kappa shape index (κ3) is 6.25. The van der Waals surface area contributed by atoms with E-state index < -0.39 is 12.1 Å². The molecular weight excluding hydrogens is 320 g/mol. The SMILES string of the molecule is C[C@H](NC(=O)Nc1cccc(Cn2cncn2)c1)C(=O)NC(C)(C)C. The zero-order valence-electron chi connectivity index (χ0n) is 14.9. The fourth-order valence-corrected chi connectivity index (χ4v) is 2.16. The normalized spacial score (nSPS) is 12.3. The van der Waals surface area contributed by atoms with Gasteiger partial charge < -0.3 is 16.0 Å². The average molecular weight is 344 g/mol. The lowest BCUT2D eigenvalue weighted by molar-refractivity contribution is -0.123. The number of aromatic nitrogens is 3. The summed E-state index contributed by atoms with van der Waals surface area (Å²) in [7, 11) is 0. The number of hydrogen-bond acceptors (Lipinski definition) is 4. The molecule has 0 aliphatic heterocycles. The number of benzene rings is 1. The highest BCUT2D eigenvalue weighted by atomic mass is 16.2. The van der Waals surface area contributed by atoms with Gasteiger partial charge in [0.05, 0.1) is 6.54 Å². The predicted octanol–water partition coefficient (Wildman–Crippen LogP) is 1.75. The second-order valence-corrected chi connectivity index (χ2v) is 6.85. The lowest BCUT2D eigenvalue weighted by Gasteiger charge is -2.23. The Morgan fingerprint density at radius 3 is 2.68 bits per heavy atom. The van der Waals surface area contributed by atoms with Gasteiger partial charge in [-0.2, -0.15) is 5.10 Å². The maximum absolute atomic E-state index is 12.1. The van der Waals surface area contributed by atoms with Gasteiger partial charge in [0.15, 0.2) is 0 Å². The number of nitrogens with zero attached hydrogens (tertiary/aromatic N) is 3. The van der Waals surface area contributed by atoms with Crippen LogP contribution in [-0.4, -0.2) is 38.3 Å². The summed E-state index contributed by atoms with van der Waals surface area (Å²) < 4.78 is 1.69. The lowest BCUT2D eigenvalue weighted by Crippen LogP contribution is -2.51. The van der Waals surface area contributed by atoms with Gasteiger partial charge in [-0.05, 0) is 45.4 Å². The van der Waals surface area contributed by atoms with Crippen molar-refractivity contribution < 1.29 is 9.59 Å². The lowest BCUT2D eigenvalue weighted by atomic mass is 10.1. The molecule has 1 atom stereocenters. The van der Waals surface area contributed by atoms with Crippen molar-refractivity contribution in [1.82, 2.24) is 25.4 Å². The van der Waals surface area contributed by atoms with Crippen molar-refractivity contribution in [3.05, 3.63) is 42.5 Å². The van der Waals surface area contributed by atoms with Gasteiger partial charge in [-0.3, -0.25) is 4.79 Å². The van der Waals surface area contributed by atoms with Crippen molar-refractivity contribution in [2.45, 2.75) is 45.8 Å². The average Bonchev–Trinajstić information content (AvgIpc) is 2.98. The molecule has 8 nitrogen and oxygen atoms in total. The number of nitrogens with one attached hydrogen (secondary N) is 3. The van der Waals surface area contributed by atoms with E-state index in [1.807, 2.05) is 39.0 Å². The van der Waals surface area contributed by atoms with Crippen LogP contribution in [0.2, 0.25) is 0 Å². The van der Waals surface area contributed by atoms with Gasteiger partial charge in [0.2, 0.25) is 5.91 Å². The molecule has 0 aliphatic rings. The van der Waals surface area contributed by atoms with Gasteiger partial charge in [0, 0.05) is 11.2 Å². The Hall–Kier alpha value is -2.90. The van der Waals surface area contributed by atoms with E-state index in [1.54, 1.807) is 24.0 Å². The molecule has 0 saturated carbocycles. The van der Waals surface area contributed by atoms with E-state index in [1.165, 1.54) is 6.33 Å². The van der Waals surface area contributed by atoms with Crippen molar-refractivity contribution in [3.8, 4) is 0 Å². The molecule has 0 spiro atoms. The summed E-state index contributed by atoms with van der Waals surface area (Å²) >= 11 is 0. The standard InChI is InChI=1S/C17H24N6O2/c1-12(15(24)22-17(2,3)4)20-16(25)21-14-7-5-6-13(8-14)9-23-11-18-10-19-23/h5-8,10-12H,9H2,1-4H3,(H,22,24)(H2,20,21,25)/t12-/m0/s1. The minimum Gasteiger partial charge on any atom is -0.350 e. The molecule has 134 valence electrons. The summed E-state index contributed by atoms with van der Waals surface area (Å²) in [5.41, 5.74) is 1.26. The number of anilines is 1. The van der Waals surface area contributed by atoms with Crippen LogP contribution < -0.4 is 16.0 Å². The minimum absolute atomic E-state index is 0.234. The maximum atomic E-state index is 12.1. The number of rotatable bonds is 5. The van der Waals surface area contributed by atoms with Crippen LogP contribution >= 0.6 is 0 Å². The second-order valence-electron chi connectivity index (χ2n) is 6.85. The van der Waals surface area contributed by atoms with E-state index in [2.05, 4.69) is 26.0 Å². The number of carbonyl (C=O) groups is 2. The third-order valence-electron chi connectivity index (χ3n) is 3.24. The first-order valence-electron chi connectivity index (χ1n) is 8.04. The largest absolute Gasteiger partial charge is 0.350 e. The van der Waals surface area contributed by atoms with Crippen LogP contribution in [0.25, 0.3) is 0 Å². The quantitative estimate of drug-likeness (QED) is 0.769. The highest BCUT2D eigenvalue weighted by Crippen LogP contribution is 2.11. The number of amides is 3. The molecule has 2 aromatic rings. The first kappa shape index (κ1) is 18.4. The van der Waals surface area contributed by atoms with Gasteiger partial charge in [0.25, 0.3) is 0 Å². The van der Waals surface area contributed by atoms with Crippen molar-refractivity contribution in [2.75, 3.05) is 5.32 Å². The molecule has 0 radical (unpaired) electrons. The van der Waals surface area contributed by atoms with Crippen LogP contribution in [0.1, 0.15) is 33.3 Å². The van der Waals surface area contributed by atoms with E-state index >= 15 is 0 Å². The van der Waals surface area contributed by atoms with E-state index in [0.29, 0.717) is 12.2 Å². The Morgan fingerprint density at radius 2 is 2.04 bits per heavy atom. The summed E-state index contributed by atoms with van der Waals surface area (Å²) in [6.07, 6.45) is 3.10. The molecule has 0 unspecified atom stereocenters. The van der Waals surface area contributed by atoms with Gasteiger partial charge in [-0.25, -0.2) is 14.5 Å². The predicted molar refractivity (Wildman–Crippen MR) is 95.1 cm³/mol. The fourth-order valence-electron chi connectivity index (χ4n) is 2.16. The zero-order chi connectivity index (χ0) is 18.4. The monoisotopic (exact) mass is 344 g/mol. The molecule has 1 aromatic heterocycles. The van der Waals surface area contributed by atoms with E-state index in [9.17, 15) is 9.59 Å². The van der Waals surface area contributed by atoms with Crippen molar-refractivity contribution in [2.24, 2.45) is 0 Å². The van der Waals surface area contributed by atoms with Gasteiger partial charge in [-0.1, -0.05) is 12.1 Å². The van der Waals surface area contributed by atoms with Crippen molar-refractivity contribution >= 4 is 17.6 Å². The summed E-state index contributed by atoms with van der Waals surface area (Å²) in [5.74, 6) is -0.234. The molecule has 0 fully saturated rings. The molecule has 8 heteroatoms. The third-order valence-corrected chi connectivity index (χ3v) is 3.24. The molecule has 2 rings (SSSR count). The number of carbonyl (C=O) groups excluding carboxylic acids is 2. The molecule has 0 saturated heterocycles. The van der Waals surface area contributed by atoms with Crippen LogP contribution in [-0.2, 0) is 11.3 Å². The summed E-state index contributed by atoms with van der Waals surface area (Å²) in [6.45, 7) is 7.86. The van der Waals surface area contributed by atoms with E-state index in [-0.39, 0.29) is 11.4 Å². The highest BCUT2D eigenvalue weighted by Gasteiger charge is 2.20. The van der Waals surface area contributed by atoms with Crippen LogP contribution in [0.15, 0.2) is 36.9 Å². The van der Waals surface area contributed by atoms with Gasteiger partial charge >= 0.3 is 6.03 Å². The molecule has 0 bridgehead atoms. The smallest absolute Gasteiger partial charge is 0.319 e. The summed E-state index contributed by atoms with van der Waals surface area (Å²) in [4.78, 5) is 28.0. The van der Waals surface area contributed by atoms with Crippen LogP contribution in [0.5, 0.6) is 0 Å².